The third kappa shape index (κ3) is 2.99. The van der Waals surface area contributed by atoms with Crippen LogP contribution in [-0.4, -0.2) is 19.1 Å². The molecule has 0 saturated carbocycles. The lowest BCUT2D eigenvalue weighted by molar-refractivity contribution is 0.415. The van der Waals surface area contributed by atoms with Crippen molar-refractivity contribution in [1.29, 1.82) is 0 Å². The minimum Gasteiger partial charge on any atom is -0.497 e. The molecule has 1 aromatic heterocycles. The highest BCUT2D eigenvalue weighted by molar-refractivity contribution is 6.11. The van der Waals surface area contributed by atoms with Crippen molar-refractivity contribution in [3.8, 4) is 17.2 Å². The van der Waals surface area contributed by atoms with Crippen LogP contribution in [0.15, 0.2) is 89.3 Å². The van der Waals surface area contributed by atoms with Gasteiger partial charge in [-0.05, 0) is 36.4 Å². The van der Waals surface area contributed by atoms with E-state index in [0.717, 1.165) is 44.6 Å². The molecule has 4 heteroatoms. The van der Waals surface area contributed by atoms with Gasteiger partial charge in [0, 0.05) is 35.1 Å². The van der Waals surface area contributed by atoms with E-state index in [1.165, 1.54) is 0 Å². The van der Waals surface area contributed by atoms with E-state index in [0.29, 0.717) is 5.89 Å². The Balaban J connectivity index is 1.70. The molecule has 0 amide bonds. The Hall–Kier alpha value is -3.79. The molecule has 0 fully saturated rings. The van der Waals surface area contributed by atoms with Crippen LogP contribution >= 0.6 is 0 Å². The summed E-state index contributed by atoms with van der Waals surface area (Å²) < 4.78 is 11.5. The van der Waals surface area contributed by atoms with Gasteiger partial charge in [0.2, 0.25) is 5.89 Å². The van der Waals surface area contributed by atoms with Crippen molar-refractivity contribution in [2.75, 3.05) is 19.1 Å². The standard InChI is InChI=1S/C25H20N2O2/c1-27(18-12-14-19(28-2)15-13-18)22-16-23-24(21-11-7-6-10-20(21)22)26-25(29-23)17-8-4-3-5-9-17/h3-16H,1-2H3. The van der Waals surface area contributed by atoms with Gasteiger partial charge in [0.25, 0.3) is 0 Å². The Kier molecular flexibility index (Phi) is 4.17. The van der Waals surface area contributed by atoms with E-state index >= 15 is 0 Å². The van der Waals surface area contributed by atoms with Crippen molar-refractivity contribution in [1.82, 2.24) is 4.98 Å². The number of benzene rings is 4. The third-order valence-electron chi connectivity index (χ3n) is 5.22. The molecule has 0 atom stereocenters. The Morgan fingerprint density at radius 1 is 0.828 bits per heavy atom. The lowest BCUT2D eigenvalue weighted by Gasteiger charge is -2.21. The maximum atomic E-state index is 6.17. The molecule has 4 aromatic carbocycles. The van der Waals surface area contributed by atoms with E-state index < -0.39 is 0 Å². The fraction of sp³-hybridized carbons (Fsp3) is 0.0800. The summed E-state index contributed by atoms with van der Waals surface area (Å²) in [6.45, 7) is 0. The number of oxazole rings is 1. The van der Waals surface area contributed by atoms with Crippen LogP contribution in [0.2, 0.25) is 0 Å². The lowest BCUT2D eigenvalue weighted by Crippen LogP contribution is -2.09. The zero-order valence-corrected chi connectivity index (χ0v) is 16.3. The molecule has 142 valence electrons. The summed E-state index contributed by atoms with van der Waals surface area (Å²) in [4.78, 5) is 6.96. The Morgan fingerprint density at radius 2 is 1.52 bits per heavy atom. The van der Waals surface area contributed by atoms with Crippen LogP contribution in [0, 0.1) is 0 Å². The zero-order chi connectivity index (χ0) is 19.8. The number of anilines is 2. The molecule has 0 bridgehead atoms. The summed E-state index contributed by atoms with van der Waals surface area (Å²) in [6, 6.07) is 28.4. The van der Waals surface area contributed by atoms with E-state index in [1.807, 2.05) is 60.7 Å². The average Bonchev–Trinajstić information content (AvgIpc) is 3.23. The highest BCUT2D eigenvalue weighted by Gasteiger charge is 2.16. The number of methoxy groups -OCH3 is 1. The molecule has 0 spiro atoms. The summed E-state index contributed by atoms with van der Waals surface area (Å²) in [5.74, 6) is 1.47. The molecule has 0 aliphatic carbocycles. The predicted molar refractivity (Wildman–Crippen MR) is 118 cm³/mol. The summed E-state index contributed by atoms with van der Waals surface area (Å²) in [6.07, 6.45) is 0. The van der Waals surface area contributed by atoms with Gasteiger partial charge in [-0.15, -0.1) is 0 Å². The van der Waals surface area contributed by atoms with Crippen LogP contribution in [-0.2, 0) is 0 Å². The first-order chi connectivity index (χ1) is 14.2. The summed E-state index contributed by atoms with van der Waals surface area (Å²) in [5, 5.41) is 2.21. The molecule has 0 aliphatic heterocycles. The van der Waals surface area contributed by atoms with E-state index in [9.17, 15) is 0 Å². The fourth-order valence-electron chi connectivity index (χ4n) is 3.66. The number of hydrogen-bond acceptors (Lipinski definition) is 4. The van der Waals surface area contributed by atoms with Crippen molar-refractivity contribution in [3.63, 3.8) is 0 Å². The van der Waals surface area contributed by atoms with Gasteiger partial charge in [0.15, 0.2) is 5.58 Å². The molecule has 1 heterocycles. The van der Waals surface area contributed by atoms with Gasteiger partial charge in [-0.1, -0.05) is 42.5 Å². The van der Waals surface area contributed by atoms with Crippen LogP contribution in [0.5, 0.6) is 5.75 Å². The highest BCUT2D eigenvalue weighted by atomic mass is 16.5. The second-order valence-corrected chi connectivity index (χ2v) is 6.93. The number of rotatable bonds is 4. The predicted octanol–water partition coefficient (Wildman–Crippen LogP) is 6.42. The van der Waals surface area contributed by atoms with E-state index in [4.69, 9.17) is 14.1 Å². The monoisotopic (exact) mass is 380 g/mol. The van der Waals surface area contributed by atoms with Crippen LogP contribution in [0.4, 0.5) is 11.4 Å². The number of ether oxygens (including phenoxy) is 1. The first-order valence-corrected chi connectivity index (χ1v) is 9.50. The molecule has 0 N–H and O–H groups in total. The van der Waals surface area contributed by atoms with Crippen LogP contribution < -0.4 is 9.64 Å². The maximum absolute atomic E-state index is 6.17. The molecule has 5 rings (SSSR count). The Morgan fingerprint density at radius 3 is 2.24 bits per heavy atom. The zero-order valence-electron chi connectivity index (χ0n) is 16.3. The number of aromatic nitrogens is 1. The van der Waals surface area contributed by atoms with Crippen LogP contribution in [0.1, 0.15) is 0 Å². The van der Waals surface area contributed by atoms with Crippen molar-refractivity contribution in [2.24, 2.45) is 0 Å². The SMILES string of the molecule is COc1ccc(N(C)c2cc3oc(-c4ccccc4)nc3c3ccccc23)cc1. The molecule has 29 heavy (non-hydrogen) atoms. The second-order valence-electron chi connectivity index (χ2n) is 6.93. The fourth-order valence-corrected chi connectivity index (χ4v) is 3.66. The topological polar surface area (TPSA) is 38.5 Å². The number of nitrogens with zero attached hydrogens (tertiary/aromatic N) is 2. The van der Waals surface area contributed by atoms with Gasteiger partial charge in [0.05, 0.1) is 12.8 Å². The van der Waals surface area contributed by atoms with Crippen LogP contribution in [0.25, 0.3) is 33.3 Å². The molecule has 4 nitrogen and oxygen atoms in total. The van der Waals surface area contributed by atoms with Crippen molar-refractivity contribution >= 4 is 33.2 Å². The number of fused-ring (bicyclic) bond motifs is 3. The largest absolute Gasteiger partial charge is 0.497 e. The first-order valence-electron chi connectivity index (χ1n) is 9.50. The Labute approximate surface area is 169 Å². The van der Waals surface area contributed by atoms with Crippen LogP contribution in [0.3, 0.4) is 0 Å². The first kappa shape index (κ1) is 17.3. The quantitative estimate of drug-likeness (QED) is 0.360. The van der Waals surface area contributed by atoms with Gasteiger partial charge in [-0.3, -0.25) is 0 Å². The Bertz CT molecular complexity index is 1290. The van der Waals surface area contributed by atoms with E-state index in [1.54, 1.807) is 7.11 Å². The van der Waals surface area contributed by atoms with E-state index in [2.05, 4.69) is 36.2 Å². The second kappa shape index (κ2) is 6.99. The van der Waals surface area contributed by atoms with Gasteiger partial charge >= 0.3 is 0 Å². The number of hydrogen-bond donors (Lipinski definition) is 0. The molecular formula is C25H20N2O2. The third-order valence-corrected chi connectivity index (χ3v) is 5.22. The smallest absolute Gasteiger partial charge is 0.227 e. The van der Waals surface area contributed by atoms with Gasteiger partial charge in [-0.2, -0.15) is 0 Å². The minimum atomic E-state index is 0.634. The lowest BCUT2D eigenvalue weighted by atomic mass is 10.1. The summed E-state index contributed by atoms with van der Waals surface area (Å²) >= 11 is 0. The van der Waals surface area contributed by atoms with E-state index in [-0.39, 0.29) is 0 Å². The summed E-state index contributed by atoms with van der Waals surface area (Å²) in [5.41, 5.74) is 4.76. The maximum Gasteiger partial charge on any atom is 0.227 e. The van der Waals surface area contributed by atoms with Gasteiger partial charge in [-0.25, -0.2) is 4.98 Å². The summed E-state index contributed by atoms with van der Waals surface area (Å²) in [7, 11) is 3.73. The van der Waals surface area contributed by atoms with Gasteiger partial charge < -0.3 is 14.1 Å². The van der Waals surface area contributed by atoms with Crippen molar-refractivity contribution < 1.29 is 9.15 Å². The highest BCUT2D eigenvalue weighted by Crippen LogP contribution is 2.38. The van der Waals surface area contributed by atoms with Gasteiger partial charge in [0.1, 0.15) is 11.3 Å². The molecule has 5 aromatic rings. The van der Waals surface area contributed by atoms with Crippen molar-refractivity contribution in [2.45, 2.75) is 0 Å². The molecule has 0 unspecified atom stereocenters. The molecule has 0 radical (unpaired) electrons. The normalized spacial score (nSPS) is 11.1. The molecule has 0 aliphatic rings. The molecular weight excluding hydrogens is 360 g/mol. The van der Waals surface area contributed by atoms with Crippen molar-refractivity contribution in [3.05, 3.63) is 84.9 Å². The molecule has 0 saturated heterocycles. The average molecular weight is 380 g/mol. The minimum absolute atomic E-state index is 0.634.